The van der Waals surface area contributed by atoms with Gasteiger partial charge in [0.25, 0.3) is 5.91 Å². The second-order valence-corrected chi connectivity index (χ2v) is 8.31. The molecule has 186 valence electrons. The number of halogens is 3. The minimum atomic E-state index is -4.40. The van der Waals surface area contributed by atoms with Crippen molar-refractivity contribution in [3.05, 3.63) is 78.0 Å². The number of rotatable bonds is 9. The Morgan fingerprint density at radius 3 is 2.57 bits per heavy atom. The summed E-state index contributed by atoms with van der Waals surface area (Å²) in [6.45, 7) is 8.42. The molecule has 1 aromatic heterocycles. The molecule has 2 heterocycles. The lowest BCUT2D eigenvalue weighted by Gasteiger charge is -2.26. The summed E-state index contributed by atoms with van der Waals surface area (Å²) < 4.78 is 51.9. The molecule has 0 radical (unpaired) electrons. The number of aromatic nitrogens is 1. The van der Waals surface area contributed by atoms with E-state index in [4.69, 9.17) is 9.47 Å². The Kier molecular flexibility index (Phi) is 7.77. The molecule has 6 nitrogen and oxygen atoms in total. The predicted molar refractivity (Wildman–Crippen MR) is 128 cm³/mol. The number of carbonyl (C=O) groups excluding carboxylic acids is 1. The summed E-state index contributed by atoms with van der Waals surface area (Å²) in [6.07, 6.45) is -2.76. The maximum Gasteiger partial charge on any atom is 0.416 e. The number of nitrogens with one attached hydrogen (secondary N) is 1. The molecule has 0 bridgehead atoms. The summed E-state index contributed by atoms with van der Waals surface area (Å²) in [5.74, 6) is 0.354. The number of alkyl halides is 3. The maximum absolute atomic E-state index is 13.2. The number of ether oxygens (including phenoxy) is 2. The quantitative estimate of drug-likeness (QED) is 0.457. The third kappa shape index (κ3) is 6.04. The van der Waals surface area contributed by atoms with Gasteiger partial charge >= 0.3 is 6.18 Å². The maximum atomic E-state index is 13.2. The van der Waals surface area contributed by atoms with Crippen LogP contribution >= 0.6 is 0 Å². The second kappa shape index (κ2) is 11.0. The van der Waals surface area contributed by atoms with E-state index < -0.39 is 11.7 Å². The predicted octanol–water partition coefficient (Wildman–Crippen LogP) is 4.34. The molecule has 3 aromatic rings. The number of hydrogen-bond acceptors (Lipinski definition) is 4. The van der Waals surface area contributed by atoms with E-state index in [1.165, 1.54) is 12.1 Å². The van der Waals surface area contributed by atoms with Gasteiger partial charge in [0.05, 0.1) is 24.3 Å². The molecule has 1 fully saturated rings. The van der Waals surface area contributed by atoms with Gasteiger partial charge in [0.15, 0.2) is 0 Å². The largest absolute Gasteiger partial charge is 0.489 e. The number of benzene rings is 2. The fraction of sp³-hybridized carbons (Fsp3) is 0.346. The third-order valence-corrected chi connectivity index (χ3v) is 5.93. The monoisotopic (exact) mass is 487 g/mol. The van der Waals surface area contributed by atoms with Crippen LogP contribution in [0, 0.1) is 0 Å². The number of nitrogens with zero attached hydrogens (tertiary/aromatic N) is 2. The Morgan fingerprint density at radius 1 is 1.14 bits per heavy atom. The van der Waals surface area contributed by atoms with Crippen LogP contribution in [-0.2, 0) is 17.5 Å². The molecule has 0 unspecified atom stereocenters. The summed E-state index contributed by atoms with van der Waals surface area (Å²) in [4.78, 5) is 15.4. The van der Waals surface area contributed by atoms with Gasteiger partial charge in [-0.1, -0.05) is 30.9 Å². The zero-order valence-corrected chi connectivity index (χ0v) is 19.3. The topological polar surface area (TPSA) is 55.7 Å². The van der Waals surface area contributed by atoms with E-state index in [1.54, 1.807) is 12.1 Å². The van der Waals surface area contributed by atoms with Crippen molar-refractivity contribution < 1.29 is 27.4 Å². The highest BCUT2D eigenvalue weighted by Gasteiger charge is 2.30. The van der Waals surface area contributed by atoms with Gasteiger partial charge in [-0.15, -0.1) is 0 Å². The van der Waals surface area contributed by atoms with Gasteiger partial charge in [0.2, 0.25) is 0 Å². The van der Waals surface area contributed by atoms with Crippen molar-refractivity contribution in [3.63, 3.8) is 0 Å². The number of hydrogen-bond donors (Lipinski definition) is 1. The van der Waals surface area contributed by atoms with Crippen LogP contribution in [0.5, 0.6) is 5.75 Å². The number of morpholine rings is 1. The molecule has 0 aliphatic carbocycles. The average molecular weight is 488 g/mol. The van der Waals surface area contributed by atoms with Crippen molar-refractivity contribution in [1.29, 1.82) is 0 Å². The van der Waals surface area contributed by atoms with E-state index in [9.17, 15) is 18.0 Å². The van der Waals surface area contributed by atoms with Crippen LogP contribution in [0.25, 0.3) is 10.9 Å². The van der Waals surface area contributed by atoms with E-state index in [0.29, 0.717) is 49.9 Å². The second-order valence-electron chi connectivity index (χ2n) is 8.31. The molecule has 1 N–H and O–H groups in total. The van der Waals surface area contributed by atoms with Crippen molar-refractivity contribution in [1.82, 2.24) is 14.8 Å². The fourth-order valence-electron chi connectivity index (χ4n) is 4.11. The number of carbonyl (C=O) groups is 1. The molecule has 4 rings (SSSR count). The molecule has 2 aromatic carbocycles. The van der Waals surface area contributed by atoms with Crippen molar-refractivity contribution in [2.45, 2.75) is 12.7 Å². The molecule has 9 heteroatoms. The van der Waals surface area contributed by atoms with Crippen LogP contribution < -0.4 is 10.1 Å². The van der Waals surface area contributed by atoms with Crippen LogP contribution in [-0.4, -0.2) is 61.4 Å². The highest BCUT2D eigenvalue weighted by Crippen LogP contribution is 2.31. The minimum absolute atomic E-state index is 0.235. The smallest absolute Gasteiger partial charge is 0.416 e. The molecular weight excluding hydrogens is 459 g/mol. The minimum Gasteiger partial charge on any atom is -0.489 e. The molecule has 1 aliphatic heterocycles. The first kappa shape index (κ1) is 24.8. The Balaban J connectivity index is 1.60. The van der Waals surface area contributed by atoms with Gasteiger partial charge < -0.3 is 19.4 Å². The van der Waals surface area contributed by atoms with Crippen LogP contribution in [0.15, 0.2) is 61.2 Å². The van der Waals surface area contributed by atoms with E-state index in [2.05, 4.69) is 16.8 Å². The molecule has 0 saturated carbocycles. The van der Waals surface area contributed by atoms with E-state index >= 15 is 0 Å². The van der Waals surface area contributed by atoms with Gasteiger partial charge in [-0.2, -0.15) is 13.2 Å². The van der Waals surface area contributed by atoms with Crippen molar-refractivity contribution in [2.24, 2.45) is 0 Å². The van der Waals surface area contributed by atoms with E-state index in [-0.39, 0.29) is 12.5 Å². The van der Waals surface area contributed by atoms with Gasteiger partial charge in [0.1, 0.15) is 18.1 Å². The Hall–Kier alpha value is -3.30. The number of amides is 1. The molecular formula is C26H28F3N3O3. The van der Waals surface area contributed by atoms with Crippen molar-refractivity contribution in [3.8, 4) is 5.75 Å². The third-order valence-electron chi connectivity index (χ3n) is 5.93. The molecule has 1 amide bonds. The first-order valence-corrected chi connectivity index (χ1v) is 11.5. The lowest BCUT2D eigenvalue weighted by Crippen LogP contribution is -2.41. The summed E-state index contributed by atoms with van der Waals surface area (Å²) in [6, 6.07) is 12.3. The van der Waals surface area contributed by atoms with E-state index in [0.717, 1.165) is 36.1 Å². The standard InChI is InChI=1S/C26H28F3N3O3/c1-2-14-35-24-5-3-4-22-21(24)17-23(25(33)30-10-11-31-12-15-34-16-13-31)32(22)18-19-6-8-20(9-7-19)26(27,28)29/h2-9,17H,1,10-16,18H2,(H,30,33). The molecule has 0 spiro atoms. The Bertz CT molecular complexity index is 1170. The molecule has 35 heavy (non-hydrogen) atoms. The zero-order valence-electron chi connectivity index (χ0n) is 19.3. The van der Waals surface area contributed by atoms with Crippen LogP contribution in [0.2, 0.25) is 0 Å². The first-order valence-electron chi connectivity index (χ1n) is 11.5. The lowest BCUT2D eigenvalue weighted by molar-refractivity contribution is -0.137. The average Bonchev–Trinajstić information content (AvgIpc) is 3.22. The van der Waals surface area contributed by atoms with Gasteiger partial charge in [-0.05, 0) is 35.9 Å². The Labute approximate surface area is 201 Å². The summed E-state index contributed by atoms with van der Waals surface area (Å²) in [5, 5.41) is 3.73. The zero-order chi connectivity index (χ0) is 24.8. The highest BCUT2D eigenvalue weighted by atomic mass is 19.4. The summed E-state index contributed by atoms with van der Waals surface area (Å²) in [5.41, 5.74) is 1.11. The van der Waals surface area contributed by atoms with Crippen LogP contribution in [0.3, 0.4) is 0 Å². The summed E-state index contributed by atoms with van der Waals surface area (Å²) in [7, 11) is 0. The lowest BCUT2D eigenvalue weighted by atomic mass is 10.1. The van der Waals surface area contributed by atoms with Gasteiger partial charge in [-0.3, -0.25) is 9.69 Å². The Morgan fingerprint density at radius 2 is 1.89 bits per heavy atom. The first-order chi connectivity index (χ1) is 16.9. The fourth-order valence-corrected chi connectivity index (χ4v) is 4.11. The normalized spacial score (nSPS) is 14.7. The van der Waals surface area contributed by atoms with Gasteiger partial charge in [-0.25, -0.2) is 0 Å². The molecule has 1 aliphatic rings. The van der Waals surface area contributed by atoms with E-state index in [1.807, 2.05) is 22.8 Å². The van der Waals surface area contributed by atoms with Crippen molar-refractivity contribution >= 4 is 16.8 Å². The van der Waals surface area contributed by atoms with Gasteiger partial charge in [0, 0.05) is 38.1 Å². The summed E-state index contributed by atoms with van der Waals surface area (Å²) >= 11 is 0. The number of fused-ring (bicyclic) bond motifs is 1. The highest BCUT2D eigenvalue weighted by molar-refractivity contribution is 6.00. The molecule has 0 atom stereocenters. The molecule has 1 saturated heterocycles. The van der Waals surface area contributed by atoms with Crippen molar-refractivity contribution in [2.75, 3.05) is 46.0 Å². The van der Waals surface area contributed by atoms with Crippen LogP contribution in [0.1, 0.15) is 21.6 Å². The van der Waals surface area contributed by atoms with Crippen LogP contribution in [0.4, 0.5) is 13.2 Å². The SMILES string of the molecule is C=CCOc1cccc2c1cc(C(=O)NCCN1CCOCC1)n2Cc1ccc(C(F)(F)F)cc1.